The molecular weight excluding hydrogens is 659 g/mol. The van der Waals surface area contributed by atoms with Gasteiger partial charge in [0, 0.05) is 44.8 Å². The van der Waals surface area contributed by atoms with Crippen LogP contribution in [0.2, 0.25) is 0 Å². The molecule has 5 heteroatoms. The molecule has 0 aliphatic heterocycles. The second-order valence-corrected chi connectivity index (χ2v) is 14.8. The van der Waals surface area contributed by atoms with Crippen molar-refractivity contribution in [3.63, 3.8) is 0 Å². The van der Waals surface area contributed by atoms with Gasteiger partial charge in [0.2, 0.25) is 0 Å². The maximum atomic E-state index is 5.16. The highest BCUT2D eigenvalue weighted by atomic mass is 15.0. The van der Waals surface area contributed by atoms with Gasteiger partial charge < -0.3 is 0 Å². The van der Waals surface area contributed by atoms with E-state index in [0.717, 1.165) is 49.7 Å². The minimum Gasteiger partial charge on any atom is -0.294 e. The Bertz CT molecular complexity index is 3000. The predicted octanol–water partition coefficient (Wildman–Crippen LogP) is 12.0. The van der Waals surface area contributed by atoms with E-state index < -0.39 is 0 Å². The van der Waals surface area contributed by atoms with E-state index in [2.05, 4.69) is 170 Å². The van der Waals surface area contributed by atoms with Crippen LogP contribution in [0.1, 0.15) is 25.0 Å². The van der Waals surface area contributed by atoms with Gasteiger partial charge in [0.1, 0.15) is 5.65 Å². The molecule has 5 nitrogen and oxygen atoms in total. The van der Waals surface area contributed by atoms with Crippen molar-refractivity contribution in [2.75, 3.05) is 0 Å². The average Bonchev–Trinajstić information content (AvgIpc) is 3.68. The molecule has 0 unspecified atom stereocenters. The van der Waals surface area contributed by atoms with Gasteiger partial charge in [-0.25, -0.2) is 19.9 Å². The number of hydrogen-bond donors (Lipinski definition) is 0. The van der Waals surface area contributed by atoms with E-state index in [9.17, 15) is 0 Å². The van der Waals surface area contributed by atoms with Gasteiger partial charge >= 0.3 is 0 Å². The molecule has 0 saturated heterocycles. The molecule has 7 aromatic carbocycles. The summed E-state index contributed by atoms with van der Waals surface area (Å²) in [5, 5.41) is 7.03. The molecule has 0 atom stereocenters. The zero-order valence-corrected chi connectivity index (χ0v) is 29.8. The van der Waals surface area contributed by atoms with Crippen molar-refractivity contribution >= 4 is 43.5 Å². The van der Waals surface area contributed by atoms with Crippen molar-refractivity contribution in [3.05, 3.63) is 175 Å². The first-order valence-corrected chi connectivity index (χ1v) is 18.4. The molecule has 254 valence electrons. The molecular formula is C49H33N5. The van der Waals surface area contributed by atoms with Crippen molar-refractivity contribution in [2.45, 2.75) is 19.3 Å². The van der Waals surface area contributed by atoms with Crippen LogP contribution in [-0.4, -0.2) is 24.5 Å². The summed E-state index contributed by atoms with van der Waals surface area (Å²) >= 11 is 0. The van der Waals surface area contributed by atoms with Gasteiger partial charge in [0.05, 0.1) is 5.52 Å². The van der Waals surface area contributed by atoms with Crippen molar-refractivity contribution in [2.24, 2.45) is 0 Å². The van der Waals surface area contributed by atoms with E-state index in [1.54, 1.807) is 0 Å². The molecule has 3 heterocycles. The Hall–Kier alpha value is -6.98. The molecule has 1 aliphatic rings. The third-order valence-corrected chi connectivity index (χ3v) is 11.3. The highest BCUT2D eigenvalue weighted by Crippen LogP contribution is 2.50. The van der Waals surface area contributed by atoms with E-state index in [0.29, 0.717) is 17.5 Å². The maximum absolute atomic E-state index is 5.16. The highest BCUT2D eigenvalue weighted by Gasteiger charge is 2.36. The molecule has 0 bridgehead atoms. The molecule has 0 spiro atoms. The molecule has 1 aliphatic carbocycles. The summed E-state index contributed by atoms with van der Waals surface area (Å²) in [6, 6.07) is 56.0. The van der Waals surface area contributed by atoms with Crippen LogP contribution in [0.4, 0.5) is 0 Å². The molecule has 0 saturated carbocycles. The van der Waals surface area contributed by atoms with E-state index in [-0.39, 0.29) is 5.41 Å². The Balaban J connectivity index is 1.05. The summed E-state index contributed by atoms with van der Waals surface area (Å²) in [5.41, 5.74) is 10.9. The first kappa shape index (κ1) is 30.6. The number of nitrogens with zero attached hydrogens (tertiary/aromatic N) is 5. The second-order valence-electron chi connectivity index (χ2n) is 14.8. The van der Waals surface area contributed by atoms with E-state index >= 15 is 0 Å². The predicted molar refractivity (Wildman–Crippen MR) is 221 cm³/mol. The minimum atomic E-state index is -0.266. The van der Waals surface area contributed by atoms with Gasteiger partial charge in [-0.3, -0.25) is 4.57 Å². The highest BCUT2D eigenvalue weighted by molar-refractivity contribution is 6.08. The summed E-state index contributed by atoms with van der Waals surface area (Å²) in [7, 11) is 0. The Kier molecular flexibility index (Phi) is 6.53. The molecule has 0 fully saturated rings. The third kappa shape index (κ3) is 4.65. The van der Waals surface area contributed by atoms with Gasteiger partial charge in [0.25, 0.3) is 0 Å². The largest absolute Gasteiger partial charge is 0.294 e. The first-order chi connectivity index (χ1) is 26.5. The van der Waals surface area contributed by atoms with Gasteiger partial charge in [-0.2, -0.15) is 0 Å². The van der Waals surface area contributed by atoms with Crippen LogP contribution in [0, 0.1) is 0 Å². The molecule has 10 aromatic rings. The summed E-state index contributed by atoms with van der Waals surface area (Å²) in [6.07, 6.45) is 1.88. The van der Waals surface area contributed by atoms with Crippen LogP contribution in [0.3, 0.4) is 0 Å². The number of fused-ring (bicyclic) bond motifs is 8. The molecule has 0 amide bonds. The quantitative estimate of drug-likeness (QED) is 0.184. The number of para-hydroxylation sites is 1. The summed E-state index contributed by atoms with van der Waals surface area (Å²) in [4.78, 5) is 20.3. The lowest BCUT2D eigenvalue weighted by molar-refractivity contribution is 0.660. The standard InChI is InChI=1S/C49H33N5/c1-49(2)42-28-36(21-23-38(42)39-24-22-37(29-43(39)49)54-44-16-8-7-14-40(44)41-15-9-25-50-48(41)54)47-52-45(34-19-17-30-10-3-5-12-32(30)26-34)51-46(53-47)35-20-18-31-11-4-6-13-33(31)27-35/h3-29H,1-2H3. The fourth-order valence-corrected chi connectivity index (χ4v) is 8.48. The minimum absolute atomic E-state index is 0.266. The van der Waals surface area contributed by atoms with Crippen LogP contribution in [0.15, 0.2) is 164 Å². The van der Waals surface area contributed by atoms with Gasteiger partial charge in [-0.15, -0.1) is 0 Å². The SMILES string of the molecule is CC1(C)c2cc(-c3nc(-c4ccc5ccccc5c4)nc(-c4ccc5ccccc5c4)n3)ccc2-c2ccc(-n3c4ccccc4c4cccnc43)cc21. The van der Waals surface area contributed by atoms with Crippen LogP contribution >= 0.6 is 0 Å². The maximum Gasteiger partial charge on any atom is 0.164 e. The zero-order valence-electron chi connectivity index (χ0n) is 29.8. The van der Waals surface area contributed by atoms with Gasteiger partial charge in [-0.1, -0.05) is 123 Å². The zero-order chi connectivity index (χ0) is 36.0. The first-order valence-electron chi connectivity index (χ1n) is 18.4. The fraction of sp³-hybridized carbons (Fsp3) is 0.0612. The number of rotatable bonds is 4. The van der Waals surface area contributed by atoms with Crippen LogP contribution in [0.5, 0.6) is 0 Å². The number of aromatic nitrogens is 5. The summed E-state index contributed by atoms with van der Waals surface area (Å²) < 4.78 is 2.29. The van der Waals surface area contributed by atoms with Crippen LogP contribution in [0.25, 0.3) is 94.5 Å². The summed E-state index contributed by atoms with van der Waals surface area (Å²) in [6.45, 7) is 4.65. The fourth-order valence-electron chi connectivity index (χ4n) is 8.48. The second kappa shape index (κ2) is 11.5. The molecule has 0 radical (unpaired) electrons. The van der Waals surface area contributed by atoms with Crippen LogP contribution in [-0.2, 0) is 5.41 Å². The molecule has 11 rings (SSSR count). The smallest absolute Gasteiger partial charge is 0.164 e. The normalized spacial score (nSPS) is 13.1. The van der Waals surface area contributed by atoms with E-state index in [1.165, 1.54) is 38.4 Å². The Labute approximate surface area is 312 Å². The van der Waals surface area contributed by atoms with Gasteiger partial charge in [0.15, 0.2) is 17.5 Å². The Morgan fingerprint density at radius 2 is 0.963 bits per heavy atom. The lowest BCUT2D eigenvalue weighted by Gasteiger charge is -2.23. The van der Waals surface area contributed by atoms with Gasteiger partial charge in [-0.05, 0) is 92.3 Å². The number of pyridine rings is 1. The Morgan fingerprint density at radius 3 is 1.63 bits per heavy atom. The molecule has 3 aromatic heterocycles. The monoisotopic (exact) mass is 691 g/mol. The topological polar surface area (TPSA) is 56.5 Å². The van der Waals surface area contributed by atoms with E-state index in [4.69, 9.17) is 19.9 Å². The third-order valence-electron chi connectivity index (χ3n) is 11.3. The summed E-state index contributed by atoms with van der Waals surface area (Å²) in [5.74, 6) is 1.96. The van der Waals surface area contributed by atoms with Crippen molar-refractivity contribution < 1.29 is 0 Å². The number of benzene rings is 7. The van der Waals surface area contributed by atoms with Crippen molar-refractivity contribution in [1.29, 1.82) is 0 Å². The number of hydrogen-bond acceptors (Lipinski definition) is 4. The van der Waals surface area contributed by atoms with Crippen molar-refractivity contribution in [3.8, 4) is 51.0 Å². The van der Waals surface area contributed by atoms with Crippen LogP contribution < -0.4 is 0 Å². The average molecular weight is 692 g/mol. The Morgan fingerprint density at radius 1 is 0.444 bits per heavy atom. The lowest BCUT2D eigenvalue weighted by atomic mass is 9.82. The lowest BCUT2D eigenvalue weighted by Crippen LogP contribution is -2.15. The van der Waals surface area contributed by atoms with Crippen molar-refractivity contribution in [1.82, 2.24) is 24.5 Å². The molecule has 0 N–H and O–H groups in total. The molecule has 54 heavy (non-hydrogen) atoms. The van der Waals surface area contributed by atoms with E-state index in [1.807, 2.05) is 12.3 Å².